The van der Waals surface area contributed by atoms with Crippen LogP contribution in [0.2, 0.25) is 0 Å². The number of hydrogen-bond donors (Lipinski definition) is 1. The topological polar surface area (TPSA) is 152 Å². The Kier molecular flexibility index (Phi) is 14.4. The van der Waals surface area contributed by atoms with Gasteiger partial charge in [-0.1, -0.05) is 78.8 Å². The Hall–Kier alpha value is -3.38. The first-order chi connectivity index (χ1) is 17.9. The number of imide groups is 1. The zero-order valence-electron chi connectivity index (χ0n) is 22.8. The van der Waals surface area contributed by atoms with E-state index in [9.17, 15) is 36.0 Å². The Bertz CT molecular complexity index is 1350. The molecule has 0 aliphatic carbocycles. The van der Waals surface area contributed by atoms with Crippen LogP contribution in [0.3, 0.4) is 0 Å². The van der Waals surface area contributed by atoms with Crippen LogP contribution in [0.1, 0.15) is 88.4 Å². The number of Topliss-reactive ketones (excluding diaryl/α,β-unsaturated/α-hetero) is 1. The maximum Gasteiger partial charge on any atom is 0.276 e. The van der Waals surface area contributed by atoms with Gasteiger partial charge in [0.2, 0.25) is 11.8 Å². The van der Waals surface area contributed by atoms with Crippen LogP contribution in [0.15, 0.2) is 58.3 Å². The average molecular weight is 569 g/mol. The molecule has 0 fully saturated rings. The number of amides is 3. The molecule has 0 saturated carbocycles. The smallest absolute Gasteiger partial charge is 0.276 e. The van der Waals surface area contributed by atoms with Crippen molar-refractivity contribution in [2.24, 2.45) is 0 Å². The van der Waals surface area contributed by atoms with Crippen molar-refractivity contribution in [1.82, 2.24) is 9.03 Å². The van der Waals surface area contributed by atoms with Gasteiger partial charge in [-0.05, 0) is 18.2 Å². The lowest BCUT2D eigenvalue weighted by Gasteiger charge is -2.10. The van der Waals surface area contributed by atoms with E-state index < -0.39 is 37.8 Å². The second-order valence-corrected chi connectivity index (χ2v) is 10.4. The molecule has 1 heterocycles. The largest absolute Gasteiger partial charge is 0.294 e. The lowest BCUT2D eigenvalue weighted by Crippen LogP contribution is -2.35. The summed E-state index contributed by atoms with van der Waals surface area (Å²) in [6, 6.07) is 11.7. The first-order valence-corrected chi connectivity index (χ1v) is 15.2. The number of carbonyl (C=O) groups is 4. The number of ketones is 1. The van der Waals surface area contributed by atoms with Gasteiger partial charge in [-0.15, -0.1) is 0 Å². The summed E-state index contributed by atoms with van der Waals surface area (Å²) in [6.07, 6.45) is 0.232. The van der Waals surface area contributed by atoms with Gasteiger partial charge in [-0.3, -0.25) is 19.2 Å². The molecule has 1 N–H and O–H groups in total. The van der Waals surface area contributed by atoms with Crippen molar-refractivity contribution in [3.8, 4) is 0 Å². The normalized spacial score (nSPS) is 12.8. The Labute approximate surface area is 225 Å². The fourth-order valence-electron chi connectivity index (χ4n) is 2.97. The van der Waals surface area contributed by atoms with E-state index in [1.165, 1.54) is 43.3 Å². The molecule has 12 heteroatoms. The molecule has 0 atom stereocenters. The third-order valence-electron chi connectivity index (χ3n) is 4.72. The van der Waals surface area contributed by atoms with Gasteiger partial charge < -0.3 is 0 Å². The van der Waals surface area contributed by atoms with Crippen molar-refractivity contribution in [1.29, 1.82) is 0 Å². The number of nitrogens with one attached hydrogen (secondary N) is 1. The van der Waals surface area contributed by atoms with Crippen LogP contribution >= 0.6 is 0 Å². The van der Waals surface area contributed by atoms with E-state index in [0.717, 1.165) is 0 Å². The molecule has 2 aromatic carbocycles. The van der Waals surface area contributed by atoms with Crippen molar-refractivity contribution >= 4 is 43.6 Å². The summed E-state index contributed by atoms with van der Waals surface area (Å²) >= 11 is 0. The highest BCUT2D eigenvalue weighted by Crippen LogP contribution is 2.30. The summed E-state index contributed by atoms with van der Waals surface area (Å²) in [6.45, 7) is 12.7. The van der Waals surface area contributed by atoms with Crippen molar-refractivity contribution in [2.75, 3.05) is 0 Å². The Balaban J connectivity index is 0.000000639. The second-order valence-electron chi connectivity index (χ2n) is 6.97. The van der Waals surface area contributed by atoms with Crippen LogP contribution in [0.4, 0.5) is 0 Å². The maximum absolute atomic E-state index is 12.0. The predicted molar refractivity (Wildman–Crippen MR) is 144 cm³/mol. The number of benzene rings is 2. The molecule has 0 bridgehead atoms. The first-order valence-electron chi connectivity index (χ1n) is 12.3. The zero-order chi connectivity index (χ0) is 29.7. The fraction of sp³-hybridized carbons (Fsp3) is 0.385. The van der Waals surface area contributed by atoms with Crippen molar-refractivity contribution in [3.05, 3.63) is 59.7 Å². The second kappa shape index (κ2) is 15.8. The minimum atomic E-state index is -3.98. The van der Waals surface area contributed by atoms with Crippen LogP contribution in [-0.2, 0) is 29.6 Å². The van der Waals surface area contributed by atoms with Crippen LogP contribution in [0.5, 0.6) is 0 Å². The van der Waals surface area contributed by atoms with Gasteiger partial charge >= 0.3 is 0 Å². The van der Waals surface area contributed by atoms with Crippen molar-refractivity contribution < 1.29 is 36.0 Å². The molecule has 210 valence electrons. The van der Waals surface area contributed by atoms with E-state index in [1.54, 1.807) is 26.0 Å². The van der Waals surface area contributed by atoms with Gasteiger partial charge in [0.1, 0.15) is 4.90 Å². The van der Waals surface area contributed by atoms with Crippen LogP contribution in [0, 0.1) is 0 Å². The lowest BCUT2D eigenvalue weighted by molar-refractivity contribution is -0.124. The third-order valence-corrected chi connectivity index (χ3v) is 7.91. The van der Waals surface area contributed by atoms with Crippen molar-refractivity contribution in [3.63, 3.8) is 0 Å². The van der Waals surface area contributed by atoms with E-state index in [1.807, 2.05) is 32.4 Å². The Morgan fingerprint density at radius 1 is 0.816 bits per heavy atom. The molecule has 1 aliphatic heterocycles. The molecule has 0 unspecified atom stereocenters. The SMILES string of the molecule is CC.CC.CCC(=O)N1C(=O)c2ccccc2S1(=O)=O.CCC(=O)NS(=O)(=O)c1ccccc1C(=O)CC. The molecule has 3 amide bonds. The maximum atomic E-state index is 12.0. The highest BCUT2D eigenvalue weighted by Gasteiger charge is 2.44. The molecule has 0 aromatic heterocycles. The summed E-state index contributed by atoms with van der Waals surface area (Å²) in [7, 11) is -7.95. The number of rotatable bonds is 6. The van der Waals surface area contributed by atoms with E-state index in [2.05, 4.69) is 0 Å². The molecular weight excluding hydrogens is 532 g/mol. The molecule has 0 radical (unpaired) electrons. The van der Waals surface area contributed by atoms with Crippen LogP contribution in [-0.4, -0.2) is 44.6 Å². The molecule has 1 aliphatic rings. The molecule has 10 nitrogen and oxygen atoms in total. The fourth-order valence-corrected chi connectivity index (χ4v) is 5.85. The summed E-state index contributed by atoms with van der Waals surface area (Å²) in [5, 5.41) is 0. The van der Waals surface area contributed by atoms with E-state index in [4.69, 9.17) is 0 Å². The van der Waals surface area contributed by atoms with Gasteiger partial charge in [0, 0.05) is 24.8 Å². The quantitative estimate of drug-likeness (QED) is 0.506. The number of carbonyl (C=O) groups excluding carboxylic acids is 4. The number of fused-ring (bicyclic) bond motifs is 1. The van der Waals surface area contributed by atoms with Gasteiger partial charge in [0.05, 0.1) is 10.5 Å². The van der Waals surface area contributed by atoms with Gasteiger partial charge in [-0.25, -0.2) is 21.6 Å². The minimum absolute atomic E-state index is 0.0288. The minimum Gasteiger partial charge on any atom is -0.294 e. The Morgan fingerprint density at radius 3 is 1.84 bits per heavy atom. The number of nitrogens with zero attached hydrogens (tertiary/aromatic N) is 1. The van der Waals surface area contributed by atoms with Crippen molar-refractivity contribution in [2.45, 2.75) is 77.5 Å². The molecule has 0 saturated heterocycles. The van der Waals surface area contributed by atoms with E-state index >= 15 is 0 Å². The number of sulfonamides is 2. The molecule has 0 spiro atoms. The van der Waals surface area contributed by atoms with Crippen LogP contribution < -0.4 is 4.72 Å². The Morgan fingerprint density at radius 2 is 1.34 bits per heavy atom. The monoisotopic (exact) mass is 568 g/mol. The summed E-state index contributed by atoms with van der Waals surface area (Å²) in [5.41, 5.74) is 0.167. The number of hydrogen-bond acceptors (Lipinski definition) is 8. The van der Waals surface area contributed by atoms with Gasteiger partial charge in [0.15, 0.2) is 5.78 Å². The zero-order valence-corrected chi connectivity index (χ0v) is 24.4. The third kappa shape index (κ3) is 8.06. The van der Waals surface area contributed by atoms with Gasteiger partial charge in [0.25, 0.3) is 26.0 Å². The molecular formula is C26H36N2O8S2. The summed E-state index contributed by atoms with van der Waals surface area (Å²) < 4.78 is 49.9. The lowest BCUT2D eigenvalue weighted by atomic mass is 10.1. The first kappa shape index (κ1) is 34.6. The highest BCUT2D eigenvalue weighted by atomic mass is 32.2. The highest BCUT2D eigenvalue weighted by molar-refractivity contribution is 7.91. The molecule has 3 rings (SSSR count). The summed E-state index contributed by atoms with van der Waals surface area (Å²) in [4.78, 5) is 45.8. The van der Waals surface area contributed by atoms with Crippen LogP contribution in [0.25, 0.3) is 0 Å². The average Bonchev–Trinajstić information content (AvgIpc) is 3.14. The summed E-state index contributed by atoms with van der Waals surface area (Å²) in [5.74, 6) is -2.35. The molecule has 38 heavy (non-hydrogen) atoms. The standard InChI is InChI=1S/C12H15NO4S.C10H9NO4S.2C2H6/c1-3-10(14)9-7-5-6-8-11(9)18(16,17)13-12(15)4-2;1-2-9(12)11-10(13)7-5-3-4-6-8(7)16(11,14)15;2*1-2/h5-8H,3-4H2,1-2H3,(H,13,15);3-6H,2H2,1H3;2*1-2H3. The van der Waals surface area contributed by atoms with E-state index in [-0.39, 0.29) is 46.0 Å². The molecule has 2 aromatic rings. The predicted octanol–water partition coefficient (Wildman–Crippen LogP) is 4.31. The van der Waals surface area contributed by atoms with E-state index in [0.29, 0.717) is 4.31 Å². The van der Waals surface area contributed by atoms with Gasteiger partial charge in [-0.2, -0.15) is 4.31 Å².